The quantitative estimate of drug-likeness (QED) is 0.483. The van der Waals surface area contributed by atoms with Crippen LogP contribution in [-0.2, 0) is 11.4 Å². The fourth-order valence-electron chi connectivity index (χ4n) is 2.60. The van der Waals surface area contributed by atoms with E-state index in [1.54, 1.807) is 18.1 Å². The normalized spacial score (nSPS) is 16.8. The summed E-state index contributed by atoms with van der Waals surface area (Å²) in [6, 6.07) is 15.2. The number of thioether (sulfide) groups is 1. The number of amides is 1. The molecule has 8 heteroatoms. The van der Waals surface area contributed by atoms with E-state index in [2.05, 4.69) is 9.98 Å². The highest BCUT2D eigenvalue weighted by Crippen LogP contribution is 2.33. The minimum absolute atomic E-state index is 0.0854. The number of amidine groups is 1. The van der Waals surface area contributed by atoms with Gasteiger partial charge >= 0.3 is 0 Å². The fraction of sp³-hybridized carbons (Fsp3) is 0.0952. The molecule has 5 nitrogen and oxygen atoms in total. The molecule has 0 bridgehead atoms. The van der Waals surface area contributed by atoms with Gasteiger partial charge in [0.05, 0.1) is 4.91 Å². The van der Waals surface area contributed by atoms with Crippen LogP contribution < -0.4 is 4.74 Å². The maximum atomic E-state index is 12.6. The molecule has 0 N–H and O–H groups in total. The van der Waals surface area contributed by atoms with Crippen molar-refractivity contribution in [3.63, 3.8) is 0 Å². The highest BCUT2D eigenvalue weighted by molar-refractivity contribution is 8.18. The van der Waals surface area contributed by atoms with Gasteiger partial charge in [0.25, 0.3) is 5.91 Å². The highest BCUT2D eigenvalue weighted by Gasteiger charge is 2.30. The van der Waals surface area contributed by atoms with Crippen molar-refractivity contribution in [3.05, 3.63) is 81.2 Å². The van der Waals surface area contributed by atoms with Crippen LogP contribution in [0, 0.1) is 0 Å². The van der Waals surface area contributed by atoms with E-state index in [0.29, 0.717) is 26.8 Å². The van der Waals surface area contributed by atoms with Crippen LogP contribution in [0.5, 0.6) is 5.75 Å². The number of carbonyl (C=O) groups is 1. The van der Waals surface area contributed by atoms with Gasteiger partial charge in [0.2, 0.25) is 5.13 Å². The third kappa shape index (κ3) is 4.87. The standard InChI is InChI=1S/C21H16ClN3O2S2/c1-25-19(26)18(29-21(25)24-20-23-9-10-28-20)12-15-3-2-4-17(11-15)27-13-14-5-7-16(22)8-6-14/h2-12H,13H2,1H3/b18-12-,24-21+. The molecule has 2 heterocycles. The molecule has 0 atom stereocenters. The Labute approximate surface area is 181 Å². The van der Waals surface area contributed by atoms with E-state index >= 15 is 0 Å². The molecule has 29 heavy (non-hydrogen) atoms. The molecule has 1 amide bonds. The van der Waals surface area contributed by atoms with Crippen LogP contribution in [0.15, 0.2) is 70.0 Å². The summed E-state index contributed by atoms with van der Waals surface area (Å²) < 4.78 is 5.87. The van der Waals surface area contributed by atoms with Gasteiger partial charge in [0.15, 0.2) is 5.17 Å². The van der Waals surface area contributed by atoms with Crippen molar-refractivity contribution in [1.82, 2.24) is 9.88 Å². The van der Waals surface area contributed by atoms with E-state index in [0.717, 1.165) is 16.9 Å². The molecule has 1 saturated heterocycles. The minimum atomic E-state index is -0.0854. The third-order valence-corrected chi connectivity index (χ3v) is 6.07. The van der Waals surface area contributed by atoms with E-state index in [4.69, 9.17) is 16.3 Å². The van der Waals surface area contributed by atoms with Crippen LogP contribution in [0.4, 0.5) is 5.13 Å². The number of thiazole rings is 1. The van der Waals surface area contributed by atoms with Crippen LogP contribution in [0.25, 0.3) is 6.08 Å². The van der Waals surface area contributed by atoms with Gasteiger partial charge < -0.3 is 4.74 Å². The maximum absolute atomic E-state index is 12.6. The van der Waals surface area contributed by atoms with Crippen LogP contribution in [0.2, 0.25) is 5.02 Å². The average Bonchev–Trinajstić information content (AvgIpc) is 3.33. The molecule has 1 fully saturated rings. The molecule has 0 spiro atoms. The molecule has 0 aliphatic carbocycles. The summed E-state index contributed by atoms with van der Waals surface area (Å²) in [4.78, 5) is 23.3. The lowest BCUT2D eigenvalue weighted by Crippen LogP contribution is -2.23. The monoisotopic (exact) mass is 441 g/mol. The second-order valence-corrected chi connectivity index (χ2v) is 8.49. The summed E-state index contributed by atoms with van der Waals surface area (Å²) in [5, 5.41) is 3.80. The Hall–Kier alpha value is -2.61. The van der Waals surface area contributed by atoms with Crippen molar-refractivity contribution in [1.29, 1.82) is 0 Å². The lowest BCUT2D eigenvalue weighted by Gasteiger charge is -2.07. The van der Waals surface area contributed by atoms with Crippen molar-refractivity contribution in [2.75, 3.05) is 7.05 Å². The number of nitrogens with zero attached hydrogens (tertiary/aromatic N) is 3. The summed E-state index contributed by atoms with van der Waals surface area (Å²) in [6.07, 6.45) is 3.54. The second kappa shape index (κ2) is 8.82. The number of benzene rings is 2. The smallest absolute Gasteiger partial charge is 0.266 e. The van der Waals surface area contributed by atoms with Crippen molar-refractivity contribution >= 4 is 57.0 Å². The van der Waals surface area contributed by atoms with Gasteiger partial charge in [0, 0.05) is 23.6 Å². The summed E-state index contributed by atoms with van der Waals surface area (Å²) in [7, 11) is 1.72. The number of ether oxygens (including phenoxy) is 1. The number of hydrogen-bond acceptors (Lipinski definition) is 6. The Morgan fingerprint density at radius 2 is 2.07 bits per heavy atom. The zero-order valence-corrected chi connectivity index (χ0v) is 17.8. The molecule has 4 rings (SSSR count). The van der Waals surface area contributed by atoms with E-state index in [1.807, 2.05) is 60.0 Å². The molecule has 1 aromatic heterocycles. The van der Waals surface area contributed by atoms with Gasteiger partial charge in [-0.15, -0.1) is 11.3 Å². The minimum Gasteiger partial charge on any atom is -0.489 e. The number of hydrogen-bond donors (Lipinski definition) is 0. The number of rotatable bonds is 5. The number of halogens is 1. The molecular weight excluding hydrogens is 426 g/mol. The summed E-state index contributed by atoms with van der Waals surface area (Å²) >= 11 is 8.68. The SMILES string of the molecule is CN1C(=O)/C(=C/c2cccc(OCc3ccc(Cl)cc3)c2)S/C1=N/c1nccs1. The largest absolute Gasteiger partial charge is 0.489 e. The van der Waals surface area contributed by atoms with E-state index < -0.39 is 0 Å². The van der Waals surface area contributed by atoms with Crippen molar-refractivity contribution in [2.45, 2.75) is 6.61 Å². The zero-order valence-electron chi connectivity index (χ0n) is 15.4. The molecule has 1 aliphatic rings. The lowest BCUT2D eigenvalue weighted by atomic mass is 10.2. The van der Waals surface area contributed by atoms with Crippen LogP contribution in [0.3, 0.4) is 0 Å². The van der Waals surface area contributed by atoms with Crippen LogP contribution >= 0.6 is 34.7 Å². The number of carbonyl (C=O) groups excluding carboxylic acids is 1. The Balaban J connectivity index is 1.48. The van der Waals surface area contributed by atoms with Gasteiger partial charge in [-0.05, 0) is 53.2 Å². The molecule has 1 aliphatic heterocycles. The first-order valence-corrected chi connectivity index (χ1v) is 10.8. The summed E-state index contributed by atoms with van der Waals surface area (Å²) in [6.45, 7) is 0.443. The zero-order chi connectivity index (χ0) is 20.2. The Kier molecular flexibility index (Phi) is 5.99. The van der Waals surface area contributed by atoms with E-state index in [9.17, 15) is 4.79 Å². The van der Waals surface area contributed by atoms with Crippen molar-refractivity contribution < 1.29 is 9.53 Å². The van der Waals surface area contributed by atoms with Gasteiger partial charge in [-0.3, -0.25) is 9.69 Å². The Morgan fingerprint density at radius 1 is 1.24 bits per heavy atom. The molecular formula is C21H16ClN3O2S2. The molecule has 0 radical (unpaired) electrons. The van der Waals surface area contributed by atoms with Gasteiger partial charge in [-0.2, -0.15) is 4.99 Å². The van der Waals surface area contributed by atoms with Gasteiger partial charge in [-0.1, -0.05) is 35.9 Å². The highest BCUT2D eigenvalue weighted by atomic mass is 35.5. The molecule has 3 aromatic rings. The molecule has 0 saturated carbocycles. The maximum Gasteiger partial charge on any atom is 0.266 e. The number of likely N-dealkylation sites (N-methyl/N-ethyl adjacent to an activating group) is 1. The average molecular weight is 442 g/mol. The third-order valence-electron chi connectivity index (χ3n) is 4.09. The predicted octanol–water partition coefficient (Wildman–Crippen LogP) is 5.61. The Bertz CT molecular complexity index is 1080. The van der Waals surface area contributed by atoms with Crippen molar-refractivity contribution in [2.24, 2.45) is 4.99 Å². The Morgan fingerprint density at radius 3 is 2.83 bits per heavy atom. The van der Waals surface area contributed by atoms with Gasteiger partial charge in [-0.25, -0.2) is 4.98 Å². The molecule has 146 valence electrons. The second-order valence-electron chi connectivity index (χ2n) is 6.17. The van der Waals surface area contributed by atoms with Crippen LogP contribution in [-0.4, -0.2) is 28.0 Å². The van der Waals surface area contributed by atoms with E-state index in [-0.39, 0.29) is 5.91 Å². The van der Waals surface area contributed by atoms with Gasteiger partial charge in [0.1, 0.15) is 12.4 Å². The summed E-state index contributed by atoms with van der Waals surface area (Å²) in [5.41, 5.74) is 1.92. The summed E-state index contributed by atoms with van der Waals surface area (Å²) in [5.74, 6) is 0.646. The first kappa shape index (κ1) is 19.7. The molecule has 0 unspecified atom stereocenters. The first-order chi connectivity index (χ1) is 14.1. The fourth-order valence-corrected chi connectivity index (χ4v) is 4.25. The van der Waals surface area contributed by atoms with Crippen LogP contribution in [0.1, 0.15) is 11.1 Å². The molecule has 2 aromatic carbocycles. The topological polar surface area (TPSA) is 54.8 Å². The van der Waals surface area contributed by atoms with E-state index in [1.165, 1.54) is 23.1 Å². The lowest BCUT2D eigenvalue weighted by molar-refractivity contribution is -0.121. The first-order valence-electron chi connectivity index (χ1n) is 8.71. The number of aliphatic imine (C=N–C) groups is 1. The van der Waals surface area contributed by atoms with Crippen molar-refractivity contribution in [3.8, 4) is 5.75 Å². The number of aromatic nitrogens is 1. The predicted molar refractivity (Wildman–Crippen MR) is 120 cm³/mol.